The lowest BCUT2D eigenvalue weighted by atomic mass is 10.2. The number of fused-ring (bicyclic) bond motifs is 1. The van der Waals surface area contributed by atoms with Gasteiger partial charge in [0.15, 0.2) is 11.5 Å². The molecular weight excluding hydrogens is 360 g/mol. The number of anilines is 2. The molecule has 0 saturated carbocycles. The second kappa shape index (κ2) is 7.83. The SMILES string of the molecule is COc1ccccc1NC(=O)c1cc(NCc2ccc3c(c2)OCO3)ncn1. The molecule has 0 atom stereocenters. The fourth-order valence-electron chi connectivity index (χ4n) is 2.76. The van der Waals surface area contributed by atoms with Gasteiger partial charge in [-0.1, -0.05) is 18.2 Å². The lowest BCUT2D eigenvalue weighted by Crippen LogP contribution is -2.15. The van der Waals surface area contributed by atoms with E-state index in [0.29, 0.717) is 23.8 Å². The number of amides is 1. The molecule has 1 amide bonds. The molecule has 8 heteroatoms. The first-order valence-electron chi connectivity index (χ1n) is 8.62. The zero-order valence-corrected chi connectivity index (χ0v) is 15.1. The van der Waals surface area contributed by atoms with Crippen molar-refractivity contribution < 1.29 is 19.0 Å². The summed E-state index contributed by atoms with van der Waals surface area (Å²) < 4.78 is 15.9. The lowest BCUT2D eigenvalue weighted by Gasteiger charge is -2.10. The van der Waals surface area contributed by atoms with Crippen LogP contribution in [0.3, 0.4) is 0 Å². The van der Waals surface area contributed by atoms with E-state index in [2.05, 4.69) is 20.6 Å². The summed E-state index contributed by atoms with van der Waals surface area (Å²) in [4.78, 5) is 20.7. The van der Waals surface area contributed by atoms with Crippen LogP contribution in [0.1, 0.15) is 16.1 Å². The Labute approximate surface area is 161 Å². The summed E-state index contributed by atoms with van der Waals surface area (Å²) in [6.45, 7) is 0.754. The Kier molecular flexibility index (Phi) is 4.92. The number of para-hydroxylation sites is 2. The minimum atomic E-state index is -0.349. The third-order valence-corrected chi connectivity index (χ3v) is 4.17. The van der Waals surface area contributed by atoms with Crippen LogP contribution < -0.4 is 24.8 Å². The summed E-state index contributed by atoms with van der Waals surface area (Å²) in [6.07, 6.45) is 1.35. The Morgan fingerprint density at radius 3 is 2.86 bits per heavy atom. The van der Waals surface area contributed by atoms with E-state index in [0.717, 1.165) is 17.1 Å². The van der Waals surface area contributed by atoms with E-state index in [4.69, 9.17) is 14.2 Å². The smallest absolute Gasteiger partial charge is 0.274 e. The van der Waals surface area contributed by atoms with Crippen molar-refractivity contribution in [2.45, 2.75) is 6.54 Å². The summed E-state index contributed by atoms with van der Waals surface area (Å²) in [7, 11) is 1.55. The van der Waals surface area contributed by atoms with Gasteiger partial charge in [-0.3, -0.25) is 4.79 Å². The van der Waals surface area contributed by atoms with Gasteiger partial charge in [0.25, 0.3) is 5.91 Å². The van der Waals surface area contributed by atoms with Gasteiger partial charge >= 0.3 is 0 Å². The van der Waals surface area contributed by atoms with Crippen LogP contribution in [0.25, 0.3) is 0 Å². The minimum Gasteiger partial charge on any atom is -0.495 e. The van der Waals surface area contributed by atoms with Crippen molar-refractivity contribution in [1.29, 1.82) is 0 Å². The number of aromatic nitrogens is 2. The summed E-state index contributed by atoms with van der Waals surface area (Å²) in [5, 5.41) is 5.98. The number of hydrogen-bond acceptors (Lipinski definition) is 7. The van der Waals surface area contributed by atoms with E-state index in [1.165, 1.54) is 6.33 Å². The normalized spacial score (nSPS) is 11.8. The molecule has 4 rings (SSSR count). The molecule has 2 aromatic carbocycles. The molecule has 142 valence electrons. The van der Waals surface area contributed by atoms with Crippen molar-refractivity contribution in [3.05, 3.63) is 66.1 Å². The first-order valence-corrected chi connectivity index (χ1v) is 8.62. The highest BCUT2D eigenvalue weighted by molar-refractivity contribution is 6.04. The highest BCUT2D eigenvalue weighted by Crippen LogP contribution is 2.32. The molecule has 0 bridgehead atoms. The van der Waals surface area contributed by atoms with Crippen molar-refractivity contribution in [1.82, 2.24) is 9.97 Å². The molecule has 8 nitrogen and oxygen atoms in total. The number of nitrogens with zero attached hydrogens (tertiary/aromatic N) is 2. The number of benzene rings is 2. The maximum Gasteiger partial charge on any atom is 0.274 e. The molecule has 0 fully saturated rings. The van der Waals surface area contributed by atoms with Gasteiger partial charge in [-0.05, 0) is 29.8 Å². The molecule has 28 heavy (non-hydrogen) atoms. The van der Waals surface area contributed by atoms with Gasteiger partial charge in [0.2, 0.25) is 6.79 Å². The third-order valence-electron chi connectivity index (χ3n) is 4.17. The van der Waals surface area contributed by atoms with E-state index in [1.807, 2.05) is 30.3 Å². The highest BCUT2D eigenvalue weighted by atomic mass is 16.7. The van der Waals surface area contributed by atoms with E-state index in [-0.39, 0.29) is 18.4 Å². The van der Waals surface area contributed by atoms with Crippen LogP contribution in [0.2, 0.25) is 0 Å². The standard InChI is InChI=1S/C20H18N4O4/c1-26-16-5-3-2-4-14(16)24-20(25)15-9-19(23-11-22-15)21-10-13-6-7-17-18(8-13)28-12-27-17/h2-9,11H,10,12H2,1H3,(H,24,25)(H,21,22,23). The quantitative estimate of drug-likeness (QED) is 0.681. The molecule has 0 aliphatic carbocycles. The molecule has 0 unspecified atom stereocenters. The van der Waals surface area contributed by atoms with Gasteiger partial charge < -0.3 is 24.8 Å². The number of carbonyl (C=O) groups is 1. The van der Waals surface area contributed by atoms with E-state index >= 15 is 0 Å². The van der Waals surface area contributed by atoms with Crippen molar-refractivity contribution in [3.63, 3.8) is 0 Å². The fraction of sp³-hybridized carbons (Fsp3) is 0.150. The van der Waals surface area contributed by atoms with Crippen LogP contribution in [0, 0.1) is 0 Å². The first kappa shape index (κ1) is 17.6. The Bertz CT molecular complexity index is 1010. The molecule has 0 saturated heterocycles. The van der Waals surface area contributed by atoms with Crippen LogP contribution in [-0.4, -0.2) is 29.8 Å². The molecule has 1 aromatic heterocycles. The van der Waals surface area contributed by atoms with Gasteiger partial charge in [0.05, 0.1) is 12.8 Å². The average Bonchev–Trinajstić information content (AvgIpc) is 3.21. The monoisotopic (exact) mass is 378 g/mol. The number of carbonyl (C=O) groups excluding carboxylic acids is 1. The van der Waals surface area contributed by atoms with Crippen molar-refractivity contribution in [2.75, 3.05) is 24.5 Å². The lowest BCUT2D eigenvalue weighted by molar-refractivity contribution is 0.102. The number of nitrogens with one attached hydrogen (secondary N) is 2. The maximum absolute atomic E-state index is 12.5. The average molecular weight is 378 g/mol. The van der Waals surface area contributed by atoms with Gasteiger partial charge in [-0.25, -0.2) is 9.97 Å². The minimum absolute atomic E-state index is 0.239. The van der Waals surface area contributed by atoms with Crippen molar-refractivity contribution >= 4 is 17.4 Å². The van der Waals surface area contributed by atoms with Gasteiger partial charge in [-0.2, -0.15) is 0 Å². The van der Waals surface area contributed by atoms with Crippen molar-refractivity contribution in [3.8, 4) is 17.2 Å². The molecule has 0 radical (unpaired) electrons. The van der Waals surface area contributed by atoms with Gasteiger partial charge in [-0.15, -0.1) is 0 Å². The third kappa shape index (κ3) is 3.80. The maximum atomic E-state index is 12.5. The van der Waals surface area contributed by atoms with Crippen molar-refractivity contribution in [2.24, 2.45) is 0 Å². The summed E-state index contributed by atoms with van der Waals surface area (Å²) in [5.41, 5.74) is 1.82. The summed E-state index contributed by atoms with van der Waals surface area (Å²) in [5.74, 6) is 2.22. The number of ether oxygens (including phenoxy) is 3. The molecule has 1 aliphatic heterocycles. The van der Waals surface area contributed by atoms with Gasteiger partial charge in [0, 0.05) is 12.6 Å². The number of rotatable bonds is 6. The van der Waals surface area contributed by atoms with Crippen LogP contribution in [0.4, 0.5) is 11.5 Å². The van der Waals surface area contributed by atoms with Crippen LogP contribution >= 0.6 is 0 Å². The molecule has 1 aliphatic rings. The Morgan fingerprint density at radius 1 is 1.11 bits per heavy atom. The molecule has 2 heterocycles. The van der Waals surface area contributed by atoms with Gasteiger partial charge in [0.1, 0.15) is 23.6 Å². The largest absolute Gasteiger partial charge is 0.495 e. The van der Waals surface area contributed by atoms with E-state index in [1.54, 1.807) is 25.3 Å². The van der Waals surface area contributed by atoms with Crippen LogP contribution in [-0.2, 0) is 6.54 Å². The zero-order chi connectivity index (χ0) is 19.3. The summed E-state index contributed by atoms with van der Waals surface area (Å²) in [6, 6.07) is 14.5. The Morgan fingerprint density at radius 2 is 1.96 bits per heavy atom. The Balaban J connectivity index is 1.43. The second-order valence-electron chi connectivity index (χ2n) is 5.98. The van der Waals surface area contributed by atoms with E-state index < -0.39 is 0 Å². The molecule has 3 aromatic rings. The molecule has 2 N–H and O–H groups in total. The van der Waals surface area contributed by atoms with Crippen LogP contribution in [0.15, 0.2) is 54.9 Å². The fourth-order valence-corrected chi connectivity index (χ4v) is 2.76. The van der Waals surface area contributed by atoms with E-state index in [9.17, 15) is 4.79 Å². The summed E-state index contributed by atoms with van der Waals surface area (Å²) >= 11 is 0. The number of hydrogen-bond donors (Lipinski definition) is 2. The molecular formula is C20H18N4O4. The molecule has 0 spiro atoms. The predicted octanol–water partition coefficient (Wildman–Crippen LogP) is 3.08. The second-order valence-corrected chi connectivity index (χ2v) is 5.98. The highest BCUT2D eigenvalue weighted by Gasteiger charge is 2.14. The zero-order valence-electron chi connectivity index (χ0n) is 15.1. The van der Waals surface area contributed by atoms with Crippen LogP contribution in [0.5, 0.6) is 17.2 Å². The first-order chi connectivity index (χ1) is 13.7. The number of methoxy groups -OCH3 is 1. The predicted molar refractivity (Wildman–Crippen MR) is 103 cm³/mol. The topological polar surface area (TPSA) is 94.6 Å². The Hall–Kier alpha value is -3.81.